The van der Waals surface area contributed by atoms with E-state index in [1.807, 2.05) is 0 Å². The molecular weight excluding hydrogens is 437 g/mol. The number of rotatable bonds is 22. The van der Waals surface area contributed by atoms with Gasteiger partial charge in [0.05, 0.1) is 13.2 Å². The summed E-state index contributed by atoms with van der Waals surface area (Å²) in [5.41, 5.74) is 0. The zero-order valence-corrected chi connectivity index (χ0v) is 20.8. The van der Waals surface area contributed by atoms with E-state index in [0.29, 0.717) is 6.42 Å². The largest absolute Gasteiger partial charge is 0.472 e. The lowest BCUT2D eigenvalue weighted by molar-refractivity contribution is -0.144. The molecule has 2 unspecified atom stereocenters. The summed E-state index contributed by atoms with van der Waals surface area (Å²) in [5.74, 6) is -0.696. The first kappa shape index (κ1) is 31.0. The van der Waals surface area contributed by atoms with E-state index in [1.165, 1.54) is 64.7 Å². The van der Waals surface area contributed by atoms with Gasteiger partial charge >= 0.3 is 13.8 Å². The van der Waals surface area contributed by atoms with Gasteiger partial charge in [0.15, 0.2) is 0 Å². The standard InChI is InChI=1S/C22H44NO8P/c1-3-4-5-6-7-8-9-10-11-12-13-14-15-22(26)23-16-17-30-32(27,28)31-19-21(25)18-29-20(2)24/h21,25H,3-19H2,1-2H3,(H,23,26)(H,27,28). The predicted molar refractivity (Wildman–Crippen MR) is 123 cm³/mol. The Kier molecular flexibility index (Phi) is 20.0. The second-order valence-corrected chi connectivity index (χ2v) is 9.50. The maximum atomic E-state index is 11.8. The summed E-state index contributed by atoms with van der Waals surface area (Å²) >= 11 is 0. The minimum absolute atomic E-state index is 0.0843. The fraction of sp³-hybridized carbons (Fsp3) is 0.909. The van der Waals surface area contributed by atoms with Crippen LogP contribution in [-0.2, 0) is 27.9 Å². The van der Waals surface area contributed by atoms with Gasteiger partial charge in [-0.15, -0.1) is 0 Å². The van der Waals surface area contributed by atoms with Crippen LogP contribution in [0.4, 0.5) is 0 Å². The van der Waals surface area contributed by atoms with Crippen molar-refractivity contribution in [1.82, 2.24) is 5.32 Å². The van der Waals surface area contributed by atoms with E-state index in [2.05, 4.69) is 21.5 Å². The van der Waals surface area contributed by atoms with E-state index < -0.39 is 26.5 Å². The van der Waals surface area contributed by atoms with Gasteiger partial charge < -0.3 is 20.1 Å². The molecule has 3 N–H and O–H groups in total. The summed E-state index contributed by atoms with van der Waals surface area (Å²) in [6.07, 6.45) is 14.0. The van der Waals surface area contributed by atoms with Crippen LogP contribution in [0.25, 0.3) is 0 Å². The van der Waals surface area contributed by atoms with Gasteiger partial charge in [-0.05, 0) is 6.42 Å². The minimum Gasteiger partial charge on any atom is -0.463 e. The van der Waals surface area contributed by atoms with Crippen molar-refractivity contribution < 1.29 is 37.9 Å². The molecule has 0 saturated heterocycles. The Hall–Kier alpha value is -0.990. The number of nitrogens with one attached hydrogen (secondary N) is 1. The van der Waals surface area contributed by atoms with Gasteiger partial charge in [0.1, 0.15) is 12.7 Å². The number of aliphatic hydroxyl groups is 1. The molecule has 0 aromatic carbocycles. The van der Waals surface area contributed by atoms with Crippen molar-refractivity contribution in [2.75, 3.05) is 26.4 Å². The SMILES string of the molecule is CCCCCCCCCCCCCCC(=O)NCCOP(=O)(O)OCC(O)COC(C)=O. The third-order valence-electron chi connectivity index (χ3n) is 4.85. The smallest absolute Gasteiger partial charge is 0.463 e. The van der Waals surface area contributed by atoms with Crippen LogP contribution in [0.1, 0.15) is 97.3 Å². The van der Waals surface area contributed by atoms with Crippen molar-refractivity contribution >= 4 is 19.7 Å². The lowest BCUT2D eigenvalue weighted by atomic mass is 10.0. The molecule has 2 atom stereocenters. The fourth-order valence-corrected chi connectivity index (χ4v) is 3.80. The molecule has 9 nitrogen and oxygen atoms in total. The Morgan fingerprint density at radius 3 is 1.94 bits per heavy atom. The second kappa shape index (κ2) is 20.6. The molecular formula is C22H44NO8P. The molecule has 0 bridgehead atoms. The molecule has 0 spiro atoms. The van der Waals surface area contributed by atoms with Crippen molar-refractivity contribution in [3.05, 3.63) is 0 Å². The molecule has 0 radical (unpaired) electrons. The van der Waals surface area contributed by atoms with Gasteiger partial charge in [-0.1, -0.05) is 77.6 Å². The van der Waals surface area contributed by atoms with E-state index in [9.17, 15) is 24.2 Å². The monoisotopic (exact) mass is 481 g/mol. The summed E-state index contributed by atoms with van der Waals surface area (Å²) in [4.78, 5) is 31.9. The normalized spacial score (nSPS) is 14.0. The van der Waals surface area contributed by atoms with Crippen LogP contribution >= 0.6 is 7.82 Å². The topological polar surface area (TPSA) is 131 Å². The van der Waals surface area contributed by atoms with E-state index in [-0.39, 0.29) is 25.7 Å². The van der Waals surface area contributed by atoms with Gasteiger partial charge in [0, 0.05) is 19.9 Å². The number of phosphoric ester groups is 1. The summed E-state index contributed by atoms with van der Waals surface area (Å²) in [5, 5.41) is 12.1. The van der Waals surface area contributed by atoms with Crippen LogP contribution in [-0.4, -0.2) is 54.3 Å². The predicted octanol–water partition coefficient (Wildman–Crippen LogP) is 4.25. The van der Waals surface area contributed by atoms with E-state index in [0.717, 1.165) is 19.3 Å². The number of aliphatic hydroxyl groups excluding tert-OH is 1. The van der Waals surface area contributed by atoms with Crippen LogP contribution in [0.2, 0.25) is 0 Å². The Labute approximate surface area is 193 Å². The Bertz CT molecular complexity index is 532. The van der Waals surface area contributed by atoms with E-state index in [1.54, 1.807) is 0 Å². The summed E-state index contributed by atoms with van der Waals surface area (Å²) in [6.45, 7) is 2.44. The first-order valence-corrected chi connectivity index (χ1v) is 13.5. The number of hydrogen-bond acceptors (Lipinski definition) is 7. The molecule has 0 aromatic rings. The fourth-order valence-electron chi connectivity index (χ4n) is 3.05. The summed E-state index contributed by atoms with van der Waals surface area (Å²) in [6, 6.07) is 0. The van der Waals surface area contributed by atoms with Crippen molar-refractivity contribution in [3.8, 4) is 0 Å². The zero-order valence-electron chi connectivity index (χ0n) is 19.9. The average molecular weight is 482 g/mol. The van der Waals surface area contributed by atoms with Crippen molar-refractivity contribution in [3.63, 3.8) is 0 Å². The van der Waals surface area contributed by atoms with E-state index >= 15 is 0 Å². The molecule has 0 aliphatic carbocycles. The maximum Gasteiger partial charge on any atom is 0.472 e. The lowest BCUT2D eigenvalue weighted by Crippen LogP contribution is -2.27. The molecule has 10 heteroatoms. The summed E-state index contributed by atoms with van der Waals surface area (Å²) in [7, 11) is -4.36. The highest BCUT2D eigenvalue weighted by Crippen LogP contribution is 2.42. The van der Waals surface area contributed by atoms with Gasteiger partial charge in [-0.2, -0.15) is 0 Å². The number of carbonyl (C=O) groups excluding carboxylic acids is 2. The Morgan fingerprint density at radius 1 is 0.875 bits per heavy atom. The van der Waals surface area contributed by atoms with Crippen LogP contribution in [0.5, 0.6) is 0 Å². The first-order chi connectivity index (χ1) is 15.3. The van der Waals surface area contributed by atoms with Crippen LogP contribution < -0.4 is 5.32 Å². The molecule has 0 aliphatic rings. The highest BCUT2D eigenvalue weighted by Gasteiger charge is 2.23. The van der Waals surface area contributed by atoms with Gasteiger partial charge in [-0.3, -0.25) is 18.6 Å². The molecule has 32 heavy (non-hydrogen) atoms. The third-order valence-corrected chi connectivity index (χ3v) is 5.83. The third kappa shape index (κ3) is 22.2. The quantitative estimate of drug-likeness (QED) is 0.119. The van der Waals surface area contributed by atoms with Crippen LogP contribution in [0.3, 0.4) is 0 Å². The lowest BCUT2D eigenvalue weighted by Gasteiger charge is -2.15. The average Bonchev–Trinajstić information content (AvgIpc) is 2.74. The minimum atomic E-state index is -4.36. The first-order valence-electron chi connectivity index (χ1n) is 12.0. The molecule has 0 fully saturated rings. The number of phosphoric acid groups is 1. The number of ether oxygens (including phenoxy) is 1. The van der Waals surface area contributed by atoms with E-state index in [4.69, 9.17) is 4.52 Å². The number of carbonyl (C=O) groups is 2. The van der Waals surface area contributed by atoms with Crippen molar-refractivity contribution in [2.45, 2.75) is 103 Å². The number of unbranched alkanes of at least 4 members (excludes halogenated alkanes) is 11. The number of amides is 1. The Balaban J connectivity index is 3.53. The number of esters is 1. The molecule has 0 aromatic heterocycles. The van der Waals surface area contributed by atoms with Crippen LogP contribution in [0.15, 0.2) is 0 Å². The van der Waals surface area contributed by atoms with Gasteiger partial charge in [0.25, 0.3) is 0 Å². The molecule has 190 valence electrons. The molecule has 0 heterocycles. The zero-order chi connectivity index (χ0) is 24.1. The highest BCUT2D eigenvalue weighted by molar-refractivity contribution is 7.47. The van der Waals surface area contributed by atoms with Crippen LogP contribution in [0, 0.1) is 0 Å². The second-order valence-electron chi connectivity index (χ2n) is 8.04. The highest BCUT2D eigenvalue weighted by atomic mass is 31.2. The van der Waals surface area contributed by atoms with Gasteiger partial charge in [0.2, 0.25) is 5.91 Å². The molecule has 0 rings (SSSR count). The maximum absolute atomic E-state index is 11.8. The van der Waals surface area contributed by atoms with Gasteiger partial charge in [-0.25, -0.2) is 4.57 Å². The molecule has 0 saturated carbocycles. The summed E-state index contributed by atoms with van der Waals surface area (Å²) < 4.78 is 25.6. The molecule has 1 amide bonds. The Morgan fingerprint density at radius 2 is 1.41 bits per heavy atom. The van der Waals surface area contributed by atoms with Crippen molar-refractivity contribution in [1.29, 1.82) is 0 Å². The number of hydrogen-bond donors (Lipinski definition) is 3. The van der Waals surface area contributed by atoms with Crippen molar-refractivity contribution in [2.24, 2.45) is 0 Å². The molecule has 0 aliphatic heterocycles.